The normalized spacial score (nSPS) is 25.9. The minimum absolute atomic E-state index is 0.131. The fourth-order valence-electron chi connectivity index (χ4n) is 2.60. The van der Waals surface area contributed by atoms with Gasteiger partial charge in [0, 0.05) is 31.3 Å². The highest BCUT2D eigenvalue weighted by atomic mass is 35.5. The summed E-state index contributed by atoms with van der Waals surface area (Å²) in [5, 5.41) is 5.84. The van der Waals surface area contributed by atoms with Gasteiger partial charge in [-0.05, 0) is 32.4 Å². The number of aromatic nitrogens is 1. The van der Waals surface area contributed by atoms with E-state index in [2.05, 4.69) is 15.6 Å². The molecule has 0 saturated heterocycles. The van der Waals surface area contributed by atoms with Crippen molar-refractivity contribution in [3.8, 4) is 0 Å². The number of pyridine rings is 1. The van der Waals surface area contributed by atoms with E-state index in [1.807, 2.05) is 13.8 Å². The topological polar surface area (TPSA) is 71.1 Å². The molecule has 114 valence electrons. The Morgan fingerprint density at radius 2 is 2.29 bits per heavy atom. The Morgan fingerprint density at radius 1 is 1.52 bits per heavy atom. The second-order valence-electron chi connectivity index (χ2n) is 5.68. The number of amides is 1. The van der Waals surface area contributed by atoms with Gasteiger partial charge in [0.15, 0.2) is 0 Å². The number of alkyl halides is 1. The first-order valence-electron chi connectivity index (χ1n) is 7.09. The minimum Gasteiger partial charge on any atom is -0.332 e. The molecule has 1 aromatic rings. The number of carbonyl (C=O) groups is 2. The molecule has 1 amide bonds. The van der Waals surface area contributed by atoms with Gasteiger partial charge in [-0.3, -0.25) is 19.9 Å². The molecule has 0 bridgehead atoms. The highest BCUT2D eigenvalue weighted by molar-refractivity contribution is 6.23. The fraction of sp³-hybridized carbons (Fsp3) is 0.533. The third-order valence-electron chi connectivity index (χ3n) is 3.55. The standard InChI is InChI=1S/C15H20ClN3O2/c1-10(2)18-15(6-5-12(20)8-13(15)16)19-14(21)11-4-3-7-17-9-11/h3-4,7,9-10,13,18H,5-6,8H2,1-2H3,(H,19,21). The Morgan fingerprint density at radius 3 is 2.86 bits per heavy atom. The average molecular weight is 310 g/mol. The number of ketones is 1. The first-order valence-corrected chi connectivity index (χ1v) is 7.52. The van der Waals surface area contributed by atoms with Gasteiger partial charge in [0.1, 0.15) is 11.4 Å². The van der Waals surface area contributed by atoms with Crippen LogP contribution in [0.15, 0.2) is 24.5 Å². The van der Waals surface area contributed by atoms with Gasteiger partial charge in [-0.1, -0.05) is 0 Å². The highest BCUT2D eigenvalue weighted by Gasteiger charge is 2.44. The molecule has 0 aromatic carbocycles. The molecular formula is C15H20ClN3O2. The SMILES string of the molecule is CC(C)NC1(NC(=O)c2cccnc2)CCC(=O)CC1Cl. The number of nitrogens with one attached hydrogen (secondary N) is 2. The molecule has 2 atom stereocenters. The monoisotopic (exact) mass is 309 g/mol. The van der Waals surface area contributed by atoms with Crippen LogP contribution in [-0.2, 0) is 4.79 Å². The van der Waals surface area contributed by atoms with Crippen molar-refractivity contribution in [3.63, 3.8) is 0 Å². The molecule has 1 aliphatic carbocycles. The van der Waals surface area contributed by atoms with Gasteiger partial charge in [0.25, 0.3) is 5.91 Å². The maximum Gasteiger partial charge on any atom is 0.254 e. The number of nitrogens with zero attached hydrogens (tertiary/aromatic N) is 1. The summed E-state index contributed by atoms with van der Waals surface area (Å²) in [4.78, 5) is 27.9. The second kappa shape index (κ2) is 6.54. The van der Waals surface area contributed by atoms with Gasteiger partial charge < -0.3 is 5.32 Å². The lowest BCUT2D eigenvalue weighted by atomic mass is 9.86. The first-order chi connectivity index (χ1) is 9.93. The van der Waals surface area contributed by atoms with Gasteiger partial charge in [-0.15, -0.1) is 11.6 Å². The predicted molar refractivity (Wildman–Crippen MR) is 81.2 cm³/mol. The fourth-order valence-corrected chi connectivity index (χ4v) is 2.99. The molecule has 0 spiro atoms. The molecule has 1 aliphatic rings. The van der Waals surface area contributed by atoms with Crippen molar-refractivity contribution in [2.24, 2.45) is 0 Å². The van der Waals surface area contributed by atoms with Gasteiger partial charge in [-0.25, -0.2) is 0 Å². The molecule has 0 aliphatic heterocycles. The lowest BCUT2D eigenvalue weighted by Crippen LogP contribution is -2.67. The molecule has 21 heavy (non-hydrogen) atoms. The summed E-state index contributed by atoms with van der Waals surface area (Å²) in [5.41, 5.74) is -0.292. The third-order valence-corrected chi connectivity index (χ3v) is 4.07. The van der Waals surface area contributed by atoms with E-state index in [0.29, 0.717) is 18.4 Å². The van der Waals surface area contributed by atoms with Crippen LogP contribution in [0, 0.1) is 0 Å². The highest BCUT2D eigenvalue weighted by Crippen LogP contribution is 2.29. The smallest absolute Gasteiger partial charge is 0.254 e. The zero-order valence-corrected chi connectivity index (χ0v) is 13.0. The lowest BCUT2D eigenvalue weighted by molar-refractivity contribution is -0.121. The second-order valence-corrected chi connectivity index (χ2v) is 6.20. The van der Waals surface area contributed by atoms with Crippen LogP contribution in [0.2, 0.25) is 0 Å². The average Bonchev–Trinajstić information content (AvgIpc) is 2.43. The molecular weight excluding hydrogens is 290 g/mol. The van der Waals surface area contributed by atoms with Crippen LogP contribution in [0.3, 0.4) is 0 Å². The maximum absolute atomic E-state index is 12.4. The van der Waals surface area contributed by atoms with E-state index in [4.69, 9.17) is 11.6 Å². The summed E-state index contributed by atoms with van der Waals surface area (Å²) in [5.74, 6) is -0.108. The summed E-state index contributed by atoms with van der Waals surface area (Å²) in [6, 6.07) is 3.54. The van der Waals surface area contributed by atoms with Crippen molar-refractivity contribution in [2.75, 3.05) is 0 Å². The van der Waals surface area contributed by atoms with Crippen LogP contribution in [0.5, 0.6) is 0 Å². The molecule has 1 saturated carbocycles. The molecule has 1 heterocycles. The van der Waals surface area contributed by atoms with E-state index in [9.17, 15) is 9.59 Å². The Kier molecular flexibility index (Phi) is 4.96. The molecule has 5 nitrogen and oxygen atoms in total. The van der Waals surface area contributed by atoms with Crippen molar-refractivity contribution >= 4 is 23.3 Å². The molecule has 2 unspecified atom stereocenters. The number of carbonyl (C=O) groups excluding carboxylic acids is 2. The van der Waals surface area contributed by atoms with Crippen molar-refractivity contribution in [1.82, 2.24) is 15.6 Å². The van der Waals surface area contributed by atoms with Crippen LogP contribution >= 0.6 is 11.6 Å². The zero-order valence-electron chi connectivity index (χ0n) is 12.2. The third kappa shape index (κ3) is 3.80. The number of halogens is 1. The van der Waals surface area contributed by atoms with Crippen LogP contribution < -0.4 is 10.6 Å². The van der Waals surface area contributed by atoms with Crippen LogP contribution in [0.25, 0.3) is 0 Å². The van der Waals surface area contributed by atoms with Gasteiger partial charge in [0.2, 0.25) is 0 Å². The van der Waals surface area contributed by atoms with Crippen LogP contribution in [0.4, 0.5) is 0 Å². The summed E-state index contributed by atoms with van der Waals surface area (Å²) in [6.07, 6.45) is 4.28. The zero-order chi connectivity index (χ0) is 15.5. The lowest BCUT2D eigenvalue weighted by Gasteiger charge is -2.43. The van der Waals surface area contributed by atoms with Crippen molar-refractivity contribution < 1.29 is 9.59 Å². The first kappa shape index (κ1) is 15.9. The van der Waals surface area contributed by atoms with Crippen molar-refractivity contribution in [1.29, 1.82) is 0 Å². The number of rotatable bonds is 4. The van der Waals surface area contributed by atoms with E-state index in [-0.39, 0.29) is 24.2 Å². The molecule has 1 fully saturated rings. The molecule has 6 heteroatoms. The van der Waals surface area contributed by atoms with Crippen molar-refractivity contribution in [2.45, 2.75) is 50.2 Å². The van der Waals surface area contributed by atoms with E-state index in [0.717, 1.165) is 0 Å². The Balaban J connectivity index is 2.20. The van der Waals surface area contributed by atoms with Crippen LogP contribution in [-0.4, -0.2) is 33.8 Å². The molecule has 1 aromatic heterocycles. The molecule has 0 radical (unpaired) electrons. The minimum atomic E-state index is -0.767. The van der Waals surface area contributed by atoms with E-state index >= 15 is 0 Å². The van der Waals surface area contributed by atoms with Crippen LogP contribution in [0.1, 0.15) is 43.5 Å². The number of Topliss-reactive ketones (excluding diaryl/α,β-unsaturated/α-hetero) is 1. The van der Waals surface area contributed by atoms with Gasteiger partial charge >= 0.3 is 0 Å². The summed E-state index contributed by atoms with van der Waals surface area (Å²) in [6.45, 7) is 3.97. The van der Waals surface area contributed by atoms with E-state index in [1.165, 1.54) is 6.20 Å². The van der Waals surface area contributed by atoms with Gasteiger partial charge in [-0.2, -0.15) is 0 Å². The largest absolute Gasteiger partial charge is 0.332 e. The summed E-state index contributed by atoms with van der Waals surface area (Å²) in [7, 11) is 0. The molecule has 2 N–H and O–H groups in total. The number of hydrogen-bond acceptors (Lipinski definition) is 4. The summed E-state index contributed by atoms with van der Waals surface area (Å²) >= 11 is 6.40. The van der Waals surface area contributed by atoms with E-state index in [1.54, 1.807) is 18.3 Å². The van der Waals surface area contributed by atoms with Gasteiger partial charge in [0.05, 0.1) is 10.9 Å². The van der Waals surface area contributed by atoms with E-state index < -0.39 is 11.0 Å². The quantitative estimate of drug-likeness (QED) is 0.658. The Hall–Kier alpha value is -1.46. The Labute approximate surface area is 129 Å². The maximum atomic E-state index is 12.4. The van der Waals surface area contributed by atoms with Crippen molar-refractivity contribution in [3.05, 3.63) is 30.1 Å². The molecule has 2 rings (SSSR count). The number of hydrogen-bond donors (Lipinski definition) is 2. The Bertz CT molecular complexity index is 521. The summed E-state index contributed by atoms with van der Waals surface area (Å²) < 4.78 is 0. The predicted octanol–water partition coefficient (Wildman–Crippen LogP) is 1.87.